The van der Waals surface area contributed by atoms with Gasteiger partial charge in [0.2, 0.25) is 0 Å². The van der Waals surface area contributed by atoms with Crippen molar-refractivity contribution in [2.75, 3.05) is 26.0 Å². The van der Waals surface area contributed by atoms with Crippen LogP contribution in [0, 0.1) is 5.92 Å². The van der Waals surface area contributed by atoms with Crippen LogP contribution in [0.1, 0.15) is 19.7 Å². The summed E-state index contributed by atoms with van der Waals surface area (Å²) in [4.78, 5) is 2.28. The maximum Gasteiger partial charge on any atom is 0.191 e. The van der Waals surface area contributed by atoms with Crippen molar-refractivity contribution in [3.05, 3.63) is 36.2 Å². The molecular formula is C17H26N4OS. The highest BCUT2D eigenvalue weighted by Gasteiger charge is 2.12. The Hall–Kier alpha value is -1.53. The first kappa shape index (κ1) is 17.8. The van der Waals surface area contributed by atoms with Crippen molar-refractivity contribution in [2.45, 2.75) is 25.5 Å². The third-order valence-electron chi connectivity index (χ3n) is 3.34. The fourth-order valence-corrected chi connectivity index (χ4v) is 3.09. The zero-order valence-corrected chi connectivity index (χ0v) is 15.2. The van der Waals surface area contributed by atoms with Crippen molar-refractivity contribution in [1.82, 2.24) is 19.7 Å². The molecule has 1 aromatic carbocycles. The normalized spacial score (nSPS) is 11.4. The lowest BCUT2D eigenvalue weighted by Crippen LogP contribution is -2.24. The van der Waals surface area contributed by atoms with Gasteiger partial charge < -0.3 is 9.30 Å². The second-order valence-corrected chi connectivity index (χ2v) is 7.12. The largest absolute Gasteiger partial charge is 0.493 e. The van der Waals surface area contributed by atoms with Crippen LogP contribution in [0.5, 0.6) is 5.75 Å². The highest BCUT2D eigenvalue weighted by Crippen LogP contribution is 2.17. The molecule has 0 bridgehead atoms. The Labute approximate surface area is 143 Å². The molecule has 1 aromatic heterocycles. The molecule has 2 rings (SSSR count). The van der Waals surface area contributed by atoms with Gasteiger partial charge in [-0.25, -0.2) is 0 Å². The summed E-state index contributed by atoms with van der Waals surface area (Å²) in [7, 11) is 4.15. The molecule has 0 radical (unpaired) electrons. The molecule has 0 saturated heterocycles. The number of thioether (sulfide) groups is 1. The second kappa shape index (κ2) is 8.93. The number of benzene rings is 1. The fraction of sp³-hybridized carbons (Fsp3) is 0.529. The van der Waals surface area contributed by atoms with Gasteiger partial charge in [0.25, 0.3) is 0 Å². The van der Waals surface area contributed by atoms with Crippen LogP contribution in [0.25, 0.3) is 0 Å². The van der Waals surface area contributed by atoms with Gasteiger partial charge in [-0.1, -0.05) is 43.8 Å². The van der Waals surface area contributed by atoms with Crippen LogP contribution in [-0.2, 0) is 13.6 Å². The molecule has 0 atom stereocenters. The van der Waals surface area contributed by atoms with Crippen LogP contribution in [0.4, 0.5) is 0 Å². The number of nitrogens with zero attached hydrogens (tertiary/aromatic N) is 4. The van der Waals surface area contributed by atoms with Crippen molar-refractivity contribution in [3.8, 4) is 5.75 Å². The zero-order valence-electron chi connectivity index (χ0n) is 14.4. The van der Waals surface area contributed by atoms with Crippen molar-refractivity contribution in [1.29, 1.82) is 0 Å². The molecular weight excluding hydrogens is 308 g/mol. The smallest absolute Gasteiger partial charge is 0.191 e. The Morgan fingerprint density at radius 3 is 2.65 bits per heavy atom. The number of para-hydroxylation sites is 1. The highest BCUT2D eigenvalue weighted by atomic mass is 32.2. The first-order valence-electron chi connectivity index (χ1n) is 7.93. The molecule has 0 saturated carbocycles. The van der Waals surface area contributed by atoms with Crippen molar-refractivity contribution in [2.24, 2.45) is 13.0 Å². The molecule has 0 N–H and O–H groups in total. The molecule has 5 nitrogen and oxygen atoms in total. The first-order valence-corrected chi connectivity index (χ1v) is 8.92. The lowest BCUT2D eigenvalue weighted by atomic mass is 10.2. The monoisotopic (exact) mass is 334 g/mol. The summed E-state index contributed by atoms with van der Waals surface area (Å²) in [6.45, 7) is 6.98. The van der Waals surface area contributed by atoms with Crippen LogP contribution in [0.15, 0.2) is 35.5 Å². The molecule has 6 heteroatoms. The molecule has 2 aromatic rings. The van der Waals surface area contributed by atoms with E-state index in [0.29, 0.717) is 12.5 Å². The molecule has 0 unspecified atom stereocenters. The van der Waals surface area contributed by atoms with E-state index in [1.807, 2.05) is 37.4 Å². The Bertz CT molecular complexity index is 586. The third kappa shape index (κ3) is 5.88. The highest BCUT2D eigenvalue weighted by molar-refractivity contribution is 7.99. The molecule has 0 aliphatic heterocycles. The average molecular weight is 334 g/mol. The summed E-state index contributed by atoms with van der Waals surface area (Å²) in [5.41, 5.74) is 0. The molecule has 1 heterocycles. The minimum absolute atomic E-state index is 0.650. The second-order valence-electron chi connectivity index (χ2n) is 6.06. The van der Waals surface area contributed by atoms with Gasteiger partial charge in [0.1, 0.15) is 11.6 Å². The topological polar surface area (TPSA) is 43.2 Å². The molecule has 126 valence electrons. The number of hydrogen-bond acceptors (Lipinski definition) is 5. The van der Waals surface area contributed by atoms with Gasteiger partial charge in [0.05, 0.1) is 13.2 Å². The first-order chi connectivity index (χ1) is 11.1. The van der Waals surface area contributed by atoms with Crippen LogP contribution < -0.4 is 4.74 Å². The predicted molar refractivity (Wildman–Crippen MR) is 94.8 cm³/mol. The summed E-state index contributed by atoms with van der Waals surface area (Å²) >= 11 is 1.67. The molecule has 0 amide bonds. The summed E-state index contributed by atoms with van der Waals surface area (Å²) in [5, 5.41) is 9.54. The lowest BCUT2D eigenvalue weighted by molar-refractivity contribution is 0.278. The standard InChI is InChI=1S/C17H26N4OS/c1-14(2)12-20(3)13-16-18-19-17(21(16)4)23-11-10-22-15-8-6-5-7-9-15/h5-9,14H,10-13H2,1-4H3. The molecule has 0 fully saturated rings. The minimum atomic E-state index is 0.650. The number of rotatable bonds is 9. The summed E-state index contributed by atoms with van der Waals surface area (Å²) in [6, 6.07) is 9.88. The van der Waals surface area contributed by atoms with Crippen LogP contribution in [-0.4, -0.2) is 45.6 Å². The summed E-state index contributed by atoms with van der Waals surface area (Å²) in [6.07, 6.45) is 0. The minimum Gasteiger partial charge on any atom is -0.493 e. The SMILES string of the molecule is CC(C)CN(C)Cc1nnc(SCCOc2ccccc2)n1C. The number of aromatic nitrogens is 3. The Kier molecular flexibility index (Phi) is 6.92. The van der Waals surface area contributed by atoms with Gasteiger partial charge in [-0.05, 0) is 25.1 Å². The molecule has 0 aliphatic rings. The van der Waals surface area contributed by atoms with Crippen LogP contribution >= 0.6 is 11.8 Å². The quantitative estimate of drug-likeness (QED) is 0.521. The average Bonchev–Trinajstić information content (AvgIpc) is 2.85. The fourth-order valence-electron chi connectivity index (χ4n) is 2.35. The summed E-state index contributed by atoms with van der Waals surface area (Å²) in [5.74, 6) is 3.40. The van der Waals surface area contributed by atoms with E-state index in [0.717, 1.165) is 35.6 Å². The van der Waals surface area contributed by atoms with E-state index in [9.17, 15) is 0 Å². The van der Waals surface area contributed by atoms with E-state index >= 15 is 0 Å². The number of hydrogen-bond donors (Lipinski definition) is 0. The van der Waals surface area contributed by atoms with E-state index in [1.165, 1.54) is 0 Å². The van der Waals surface area contributed by atoms with E-state index in [-0.39, 0.29) is 0 Å². The zero-order chi connectivity index (χ0) is 16.7. The van der Waals surface area contributed by atoms with Gasteiger partial charge in [-0.15, -0.1) is 10.2 Å². The lowest BCUT2D eigenvalue weighted by Gasteiger charge is -2.18. The summed E-state index contributed by atoms with van der Waals surface area (Å²) < 4.78 is 7.77. The number of ether oxygens (including phenoxy) is 1. The maximum atomic E-state index is 5.70. The van der Waals surface area contributed by atoms with Gasteiger partial charge in [-0.3, -0.25) is 4.90 Å². The Balaban J connectivity index is 1.78. The van der Waals surface area contributed by atoms with Crippen molar-refractivity contribution >= 4 is 11.8 Å². The van der Waals surface area contributed by atoms with E-state index in [4.69, 9.17) is 4.74 Å². The van der Waals surface area contributed by atoms with Gasteiger partial charge in [0.15, 0.2) is 5.16 Å². The van der Waals surface area contributed by atoms with E-state index < -0.39 is 0 Å². The predicted octanol–water partition coefficient (Wildman–Crippen LogP) is 3.07. The Morgan fingerprint density at radius 2 is 1.96 bits per heavy atom. The van der Waals surface area contributed by atoms with Gasteiger partial charge in [-0.2, -0.15) is 0 Å². The van der Waals surface area contributed by atoms with Crippen molar-refractivity contribution < 1.29 is 4.74 Å². The molecule has 23 heavy (non-hydrogen) atoms. The van der Waals surface area contributed by atoms with Crippen LogP contribution in [0.3, 0.4) is 0 Å². The molecule has 0 aliphatic carbocycles. The molecule has 0 spiro atoms. The third-order valence-corrected chi connectivity index (χ3v) is 4.32. The Morgan fingerprint density at radius 1 is 1.22 bits per heavy atom. The maximum absolute atomic E-state index is 5.70. The van der Waals surface area contributed by atoms with Crippen LogP contribution in [0.2, 0.25) is 0 Å². The van der Waals surface area contributed by atoms with Crippen molar-refractivity contribution in [3.63, 3.8) is 0 Å². The van der Waals surface area contributed by atoms with E-state index in [1.54, 1.807) is 11.8 Å². The van der Waals surface area contributed by atoms with Gasteiger partial charge >= 0.3 is 0 Å². The van der Waals surface area contributed by atoms with E-state index in [2.05, 4.69) is 40.6 Å². The van der Waals surface area contributed by atoms with Gasteiger partial charge in [0, 0.05) is 19.3 Å².